The number of aromatic nitrogens is 3. The Morgan fingerprint density at radius 3 is 2.46 bits per heavy atom. The minimum absolute atomic E-state index is 0. The van der Waals surface area contributed by atoms with E-state index in [1.54, 1.807) is 40.1 Å². The van der Waals surface area contributed by atoms with Gasteiger partial charge in [0, 0.05) is 94.7 Å². The number of carbonyl (C=O) groups excluding carboxylic acids is 2. The number of amides is 2. The maximum atomic E-state index is 13.9. The van der Waals surface area contributed by atoms with Gasteiger partial charge >= 0.3 is 0 Å². The number of carbonyl (C=O) groups is 2. The number of aryl methyl sites for hydroxylation is 1. The van der Waals surface area contributed by atoms with E-state index in [-0.39, 0.29) is 55.0 Å². The molecule has 1 N–H and O–H groups in total. The molecule has 16 nitrogen and oxygen atoms in total. The van der Waals surface area contributed by atoms with Gasteiger partial charge in [0.2, 0.25) is 5.91 Å². The number of hydrogen-bond donors (Lipinski definition) is 1. The predicted molar refractivity (Wildman–Crippen MR) is 243 cm³/mol. The minimum Gasteiger partial charge on any atom is -0.489 e. The van der Waals surface area contributed by atoms with Crippen LogP contribution >= 0.6 is 23.7 Å². The van der Waals surface area contributed by atoms with Crippen LogP contribution in [0.5, 0.6) is 11.6 Å². The Kier molecular flexibility index (Phi) is 17.0. The molecule has 0 radical (unpaired) electrons. The zero-order valence-corrected chi connectivity index (χ0v) is 38.8. The number of thiophene rings is 1. The molecule has 8 rings (SSSR count). The highest BCUT2D eigenvalue weighted by atomic mass is 35.5. The van der Waals surface area contributed by atoms with Gasteiger partial charge in [0.1, 0.15) is 24.2 Å². The summed E-state index contributed by atoms with van der Waals surface area (Å²) in [5, 5.41) is 10.1. The first-order valence-electron chi connectivity index (χ1n) is 22.1. The van der Waals surface area contributed by atoms with Gasteiger partial charge in [0.05, 0.1) is 68.5 Å². The first-order chi connectivity index (χ1) is 31.1. The molecule has 0 aliphatic carbocycles. The topological polar surface area (TPSA) is 149 Å². The van der Waals surface area contributed by atoms with E-state index < -0.39 is 11.6 Å². The van der Waals surface area contributed by atoms with E-state index in [0.29, 0.717) is 108 Å². The molecular formula is C45H59ClF2N8O8S. The quantitative estimate of drug-likeness (QED) is 0.111. The van der Waals surface area contributed by atoms with Crippen molar-refractivity contribution in [3.8, 4) is 11.6 Å². The SMILES string of the molecule is C[C@@H]1CN(CC(=O)N2CCN(C(=O)c3cc4cc(F)c(F)cc4n3C)C[C@H]2C)[C@@H](COCCOCCOCCOc2cc(CN3CCC(Oc4ccnc5ccsc45)CC3)on2)CN1.Cl. The summed E-state index contributed by atoms with van der Waals surface area (Å²) in [7, 11) is 1.66. The lowest BCUT2D eigenvalue weighted by molar-refractivity contribution is -0.138. The molecule has 4 aromatic heterocycles. The highest BCUT2D eigenvalue weighted by Gasteiger charge is 2.34. The average molecular weight is 946 g/mol. The van der Waals surface area contributed by atoms with Gasteiger partial charge in [0.25, 0.3) is 11.8 Å². The zero-order valence-electron chi connectivity index (χ0n) is 37.1. The van der Waals surface area contributed by atoms with Crippen LogP contribution in [0.4, 0.5) is 8.78 Å². The van der Waals surface area contributed by atoms with E-state index in [0.717, 1.165) is 59.8 Å². The molecule has 3 aliphatic rings. The number of likely N-dealkylation sites (tertiary alicyclic amines) is 1. The molecule has 3 aliphatic heterocycles. The van der Waals surface area contributed by atoms with Crippen molar-refractivity contribution in [2.24, 2.45) is 7.05 Å². The fraction of sp³-hybridized carbons (Fsp3) is 0.556. The first-order valence-corrected chi connectivity index (χ1v) is 23.0. The van der Waals surface area contributed by atoms with Gasteiger partial charge in [-0.25, -0.2) is 8.78 Å². The Morgan fingerprint density at radius 2 is 1.68 bits per heavy atom. The Bertz CT molecular complexity index is 2340. The average Bonchev–Trinajstić information content (AvgIpc) is 4.03. The summed E-state index contributed by atoms with van der Waals surface area (Å²) in [6.07, 6.45) is 3.84. The summed E-state index contributed by atoms with van der Waals surface area (Å²) in [5.41, 5.74) is 1.76. The Labute approximate surface area is 387 Å². The molecule has 20 heteroatoms. The second-order valence-electron chi connectivity index (χ2n) is 16.8. The maximum absolute atomic E-state index is 13.9. The van der Waals surface area contributed by atoms with Gasteiger partial charge in [-0.05, 0) is 61.5 Å². The van der Waals surface area contributed by atoms with Crippen LogP contribution in [-0.2, 0) is 32.6 Å². The monoisotopic (exact) mass is 944 g/mol. The summed E-state index contributed by atoms with van der Waals surface area (Å²) in [6, 6.07) is 9.62. The van der Waals surface area contributed by atoms with Crippen LogP contribution in [0.25, 0.3) is 21.1 Å². The van der Waals surface area contributed by atoms with E-state index >= 15 is 0 Å². The normalized spacial score (nSPS) is 20.1. The van der Waals surface area contributed by atoms with Gasteiger partial charge in [-0.3, -0.25) is 24.4 Å². The van der Waals surface area contributed by atoms with Crippen LogP contribution in [0.3, 0.4) is 0 Å². The molecule has 3 atom stereocenters. The Balaban J connectivity index is 0.00000630. The summed E-state index contributed by atoms with van der Waals surface area (Å²) in [4.78, 5) is 39.6. The van der Waals surface area contributed by atoms with Gasteiger partial charge in [0.15, 0.2) is 17.4 Å². The van der Waals surface area contributed by atoms with Crippen molar-refractivity contribution in [1.29, 1.82) is 0 Å². The van der Waals surface area contributed by atoms with Crippen LogP contribution in [0.15, 0.2) is 52.5 Å². The number of benzene rings is 1. The second kappa shape index (κ2) is 22.8. The van der Waals surface area contributed by atoms with Gasteiger partial charge in [-0.2, -0.15) is 0 Å². The number of hydrogen-bond acceptors (Lipinski definition) is 14. The third-order valence-electron chi connectivity index (χ3n) is 12.2. The molecule has 0 bridgehead atoms. The molecule has 1 aromatic carbocycles. The molecule has 0 unspecified atom stereocenters. The van der Waals surface area contributed by atoms with Crippen molar-refractivity contribution in [2.45, 2.75) is 57.5 Å². The van der Waals surface area contributed by atoms with Crippen LogP contribution in [-0.4, -0.2) is 169 Å². The third-order valence-corrected chi connectivity index (χ3v) is 13.1. The molecule has 0 spiro atoms. The molecule has 65 heavy (non-hydrogen) atoms. The van der Waals surface area contributed by atoms with Crippen molar-refractivity contribution in [1.82, 2.24) is 39.6 Å². The van der Waals surface area contributed by atoms with E-state index in [9.17, 15) is 18.4 Å². The van der Waals surface area contributed by atoms with Crippen molar-refractivity contribution in [3.05, 3.63) is 71.1 Å². The van der Waals surface area contributed by atoms with Gasteiger partial charge in [-0.15, -0.1) is 23.7 Å². The third kappa shape index (κ3) is 12.3. The van der Waals surface area contributed by atoms with Crippen LogP contribution in [0.1, 0.15) is 42.9 Å². The lowest BCUT2D eigenvalue weighted by Gasteiger charge is -2.43. The lowest BCUT2D eigenvalue weighted by atomic mass is 10.1. The summed E-state index contributed by atoms with van der Waals surface area (Å²) >= 11 is 1.66. The van der Waals surface area contributed by atoms with E-state index in [1.165, 1.54) is 0 Å². The summed E-state index contributed by atoms with van der Waals surface area (Å²) in [6.45, 7) is 12.1. The fourth-order valence-electron chi connectivity index (χ4n) is 8.69. The highest BCUT2D eigenvalue weighted by molar-refractivity contribution is 7.17. The lowest BCUT2D eigenvalue weighted by Crippen LogP contribution is -2.61. The number of piperidine rings is 1. The Hall–Kier alpha value is -4.47. The largest absolute Gasteiger partial charge is 0.489 e. The standard InChI is InChI=1S/C45H58F2N8O8S.ClH/c1-30-25-54(28-43(56)55-12-11-53(26-31(55)2)45(57)40-21-32-20-36(46)37(47)23-39(32)51(40)3)33(24-49-30)29-60-16-15-58-13-14-59-17-18-61-42-22-35(63-50-42)27-52-9-5-34(6-10-52)62-41-4-8-48-38-7-19-64-44(38)41;/h4,7-8,19-23,30-31,33-34,49H,5-6,9-18,24-29H2,1-3H3;1H/t30-,31-,33-;/m1./s1. The molecule has 3 saturated heterocycles. The van der Waals surface area contributed by atoms with Crippen molar-refractivity contribution in [2.75, 3.05) is 98.6 Å². The summed E-state index contributed by atoms with van der Waals surface area (Å²) < 4.78 is 65.4. The molecule has 354 valence electrons. The first kappa shape index (κ1) is 48.5. The van der Waals surface area contributed by atoms with Crippen molar-refractivity contribution >= 4 is 56.7 Å². The Morgan fingerprint density at radius 1 is 0.923 bits per heavy atom. The molecule has 3 fully saturated rings. The predicted octanol–water partition coefficient (Wildman–Crippen LogP) is 4.98. The van der Waals surface area contributed by atoms with Gasteiger partial charge < -0.3 is 47.9 Å². The number of pyridine rings is 1. The van der Waals surface area contributed by atoms with E-state index in [1.807, 2.05) is 35.4 Å². The van der Waals surface area contributed by atoms with Crippen molar-refractivity contribution < 1.29 is 46.6 Å². The second-order valence-corrected chi connectivity index (χ2v) is 17.7. The van der Waals surface area contributed by atoms with Crippen LogP contribution in [0, 0.1) is 11.6 Å². The highest BCUT2D eigenvalue weighted by Crippen LogP contribution is 2.31. The number of rotatable bonds is 19. The number of nitrogens with one attached hydrogen (secondary N) is 1. The van der Waals surface area contributed by atoms with Gasteiger partial charge in [-0.1, -0.05) is 0 Å². The van der Waals surface area contributed by atoms with Crippen molar-refractivity contribution in [3.63, 3.8) is 0 Å². The summed E-state index contributed by atoms with van der Waals surface area (Å²) in [5.74, 6) is -0.0389. The fourth-order valence-corrected chi connectivity index (χ4v) is 9.50. The molecular weight excluding hydrogens is 886 g/mol. The molecule has 0 saturated carbocycles. The number of fused-ring (bicyclic) bond motifs is 2. The van der Waals surface area contributed by atoms with Crippen LogP contribution in [0.2, 0.25) is 0 Å². The molecule has 5 aromatic rings. The number of piperazine rings is 2. The maximum Gasteiger partial charge on any atom is 0.270 e. The van der Waals surface area contributed by atoms with E-state index in [4.69, 9.17) is 28.2 Å². The van der Waals surface area contributed by atoms with Crippen LogP contribution < -0.4 is 14.8 Å². The minimum atomic E-state index is -0.960. The number of nitrogens with zero attached hydrogens (tertiary/aromatic N) is 7. The smallest absolute Gasteiger partial charge is 0.270 e. The molecule has 2 amide bonds. The molecule has 7 heterocycles. The number of ether oxygens (including phenoxy) is 5. The number of halogens is 3. The van der Waals surface area contributed by atoms with E-state index in [2.05, 4.69) is 32.2 Å². The zero-order chi connectivity index (χ0) is 44.6.